The number of carbonyl (C=O) groups is 1. The van der Waals surface area contributed by atoms with Crippen LogP contribution in [0, 0.1) is 0 Å². The van der Waals surface area contributed by atoms with Crippen LogP contribution < -0.4 is 34.7 Å². The third-order valence-electron chi connectivity index (χ3n) is 5.06. The topological polar surface area (TPSA) is 60.4 Å². The largest absolute Gasteiger partial charge is 1.00 e. The zero-order chi connectivity index (χ0) is 19.3. The van der Waals surface area contributed by atoms with Crippen LogP contribution in [0.2, 0.25) is 0 Å². The second-order valence-electron chi connectivity index (χ2n) is 7.69. The van der Waals surface area contributed by atoms with Crippen LogP contribution in [0.25, 0.3) is 0 Å². The normalized spacial score (nSPS) is 12.2. The molecule has 0 bridgehead atoms. The average Bonchev–Trinajstić information content (AvgIpc) is 2.62. The number of aliphatic hydroxyl groups is 1. The molecule has 0 radical (unpaired) electrons. The van der Waals surface area contributed by atoms with Gasteiger partial charge in [0.05, 0.1) is 12.1 Å². The Morgan fingerprint density at radius 1 is 0.741 bits per heavy atom. The first-order chi connectivity index (χ1) is 12.7. The van der Waals surface area contributed by atoms with Crippen LogP contribution in [0.15, 0.2) is 12.2 Å². The summed E-state index contributed by atoms with van der Waals surface area (Å²) < 4.78 is 0. The number of aliphatic carboxylic acids is 1. The van der Waals surface area contributed by atoms with E-state index in [-0.39, 0.29) is 29.6 Å². The van der Waals surface area contributed by atoms with Gasteiger partial charge in [0.2, 0.25) is 0 Å². The van der Waals surface area contributed by atoms with Crippen molar-refractivity contribution in [2.45, 2.75) is 129 Å². The Kier molecular flexibility index (Phi) is 26.3. The smallest absolute Gasteiger partial charge is 0.545 e. The van der Waals surface area contributed by atoms with Crippen molar-refractivity contribution >= 4 is 5.97 Å². The van der Waals surface area contributed by atoms with Crippen LogP contribution in [0.3, 0.4) is 0 Å². The minimum atomic E-state index is -1.24. The van der Waals surface area contributed by atoms with Crippen molar-refractivity contribution in [1.82, 2.24) is 0 Å². The van der Waals surface area contributed by atoms with E-state index >= 15 is 0 Å². The summed E-state index contributed by atoms with van der Waals surface area (Å²) in [5.74, 6) is -1.24. The van der Waals surface area contributed by atoms with E-state index in [2.05, 4.69) is 6.92 Å². The number of carbonyl (C=O) groups excluding carboxylic acids is 1. The van der Waals surface area contributed by atoms with E-state index < -0.39 is 12.1 Å². The predicted molar refractivity (Wildman–Crippen MR) is 109 cm³/mol. The Balaban J connectivity index is 0. The molecule has 27 heavy (non-hydrogen) atoms. The number of hydrogen-bond acceptors (Lipinski definition) is 3. The molecule has 0 aromatic heterocycles. The van der Waals surface area contributed by atoms with Crippen LogP contribution in [0.1, 0.15) is 122 Å². The van der Waals surface area contributed by atoms with E-state index in [1.807, 2.05) is 0 Å². The summed E-state index contributed by atoms with van der Waals surface area (Å²) in [6.07, 6.45) is 25.0. The monoisotopic (exact) mass is 390 g/mol. The number of aliphatic hydroxyl groups excluding tert-OH is 1. The minimum Gasteiger partial charge on any atom is -0.545 e. The molecule has 0 fully saturated rings. The van der Waals surface area contributed by atoms with Gasteiger partial charge in [-0.1, -0.05) is 122 Å². The van der Waals surface area contributed by atoms with Crippen LogP contribution >= 0.6 is 0 Å². The maximum absolute atomic E-state index is 10.2. The first-order valence-corrected chi connectivity index (χ1v) is 11.2. The third-order valence-corrected chi connectivity index (χ3v) is 5.06. The van der Waals surface area contributed by atoms with E-state index in [1.165, 1.54) is 102 Å². The molecule has 0 rings (SSSR count). The summed E-state index contributed by atoms with van der Waals surface area (Å²) >= 11 is 0. The zero-order valence-corrected chi connectivity index (χ0v) is 20.2. The van der Waals surface area contributed by atoms with Crippen molar-refractivity contribution < 1.29 is 44.6 Å². The predicted octanol–water partition coefficient (Wildman–Crippen LogP) is 2.70. The van der Waals surface area contributed by atoms with Crippen molar-refractivity contribution in [3.8, 4) is 0 Å². The molecule has 0 aliphatic carbocycles. The maximum atomic E-state index is 10.2. The summed E-state index contributed by atoms with van der Waals surface area (Å²) in [5, 5.41) is 19.8. The second-order valence-corrected chi connectivity index (χ2v) is 7.69. The van der Waals surface area contributed by atoms with E-state index in [4.69, 9.17) is 0 Å². The molecule has 0 heterocycles. The summed E-state index contributed by atoms with van der Waals surface area (Å²) in [7, 11) is 0. The van der Waals surface area contributed by atoms with Crippen LogP contribution in [0.5, 0.6) is 0 Å². The van der Waals surface area contributed by atoms with Gasteiger partial charge in [0.1, 0.15) is 0 Å². The number of carboxylic acid groups (broad SMARTS) is 1. The fourth-order valence-electron chi connectivity index (χ4n) is 3.36. The Morgan fingerprint density at radius 3 is 1.41 bits per heavy atom. The molecule has 0 aliphatic rings. The van der Waals surface area contributed by atoms with E-state index in [1.54, 1.807) is 0 Å². The molecule has 0 saturated carbocycles. The number of hydrogen-bond donors (Lipinski definition) is 1. The van der Waals surface area contributed by atoms with Gasteiger partial charge in [-0.3, -0.25) is 0 Å². The summed E-state index contributed by atoms with van der Waals surface area (Å²) in [4.78, 5) is 10.2. The zero-order valence-electron chi connectivity index (χ0n) is 18.2. The molecule has 4 heteroatoms. The summed E-state index contributed by atoms with van der Waals surface area (Å²) in [6, 6.07) is 0. The van der Waals surface area contributed by atoms with Gasteiger partial charge < -0.3 is 15.0 Å². The molecule has 1 N–H and O–H groups in total. The van der Waals surface area contributed by atoms with Crippen molar-refractivity contribution in [2.24, 2.45) is 0 Å². The summed E-state index contributed by atoms with van der Waals surface area (Å²) in [6.45, 7) is 2.27. The molecular weight excluding hydrogens is 347 g/mol. The molecule has 0 saturated heterocycles. The van der Waals surface area contributed by atoms with Crippen molar-refractivity contribution in [3.63, 3.8) is 0 Å². The van der Waals surface area contributed by atoms with Crippen molar-refractivity contribution in [2.75, 3.05) is 0 Å². The quantitative estimate of drug-likeness (QED) is 0.198. The Labute approximate surface area is 190 Å². The molecule has 0 aliphatic heterocycles. The van der Waals surface area contributed by atoms with E-state index in [9.17, 15) is 15.0 Å². The van der Waals surface area contributed by atoms with E-state index in [0.717, 1.165) is 18.9 Å². The first-order valence-electron chi connectivity index (χ1n) is 11.2. The molecule has 0 aromatic rings. The SMILES string of the molecule is CCCCCCCCCCCCCCCCCCCC(O)C=CC(=O)[O-].[Na+]. The Hall–Kier alpha value is 0.170. The molecule has 0 spiro atoms. The molecule has 0 amide bonds. The Bertz CT molecular complexity index is 332. The molecule has 3 nitrogen and oxygen atoms in total. The molecular formula is C23H43NaO3. The van der Waals surface area contributed by atoms with Gasteiger partial charge in [0.15, 0.2) is 0 Å². The van der Waals surface area contributed by atoms with Crippen molar-refractivity contribution in [1.29, 1.82) is 0 Å². The maximum Gasteiger partial charge on any atom is 1.00 e. The van der Waals surface area contributed by atoms with Crippen LogP contribution in [-0.4, -0.2) is 17.2 Å². The molecule has 154 valence electrons. The van der Waals surface area contributed by atoms with Gasteiger partial charge in [-0.05, 0) is 12.5 Å². The fourth-order valence-corrected chi connectivity index (χ4v) is 3.36. The van der Waals surface area contributed by atoms with Gasteiger partial charge in [0, 0.05) is 0 Å². The number of carboxylic acids is 1. The third kappa shape index (κ3) is 26.2. The first kappa shape index (κ1) is 29.4. The molecule has 0 aromatic carbocycles. The molecule has 1 atom stereocenters. The molecule has 1 unspecified atom stereocenters. The van der Waals surface area contributed by atoms with Gasteiger partial charge in [-0.2, -0.15) is 0 Å². The van der Waals surface area contributed by atoms with Crippen LogP contribution in [0.4, 0.5) is 0 Å². The van der Waals surface area contributed by atoms with Gasteiger partial charge in [-0.15, -0.1) is 0 Å². The van der Waals surface area contributed by atoms with Crippen molar-refractivity contribution in [3.05, 3.63) is 12.2 Å². The number of unbranched alkanes of at least 4 members (excludes halogenated alkanes) is 16. The number of rotatable bonds is 20. The second kappa shape index (κ2) is 24.2. The summed E-state index contributed by atoms with van der Waals surface area (Å²) in [5.41, 5.74) is 0. The van der Waals surface area contributed by atoms with Crippen LogP contribution in [-0.2, 0) is 4.79 Å². The average molecular weight is 391 g/mol. The fraction of sp³-hybridized carbons (Fsp3) is 0.870. The van der Waals surface area contributed by atoms with Gasteiger partial charge >= 0.3 is 29.6 Å². The Morgan fingerprint density at radius 2 is 1.07 bits per heavy atom. The van der Waals surface area contributed by atoms with E-state index in [0.29, 0.717) is 6.42 Å². The minimum absolute atomic E-state index is 0. The van der Waals surface area contributed by atoms with Gasteiger partial charge in [0.25, 0.3) is 0 Å². The van der Waals surface area contributed by atoms with Gasteiger partial charge in [-0.25, -0.2) is 0 Å². The standard InChI is InChI=1S/C23H44O3.Na/c1-2-3-4-5-6-7-8-9-10-11-12-13-14-15-16-17-18-19-22(24)20-21-23(25)26;/h20-22,24H,2-19H2,1H3,(H,25,26);/q;+1/p-1.